The highest BCUT2D eigenvalue weighted by molar-refractivity contribution is 5.85. The fourth-order valence-electron chi connectivity index (χ4n) is 3.57. The summed E-state index contributed by atoms with van der Waals surface area (Å²) in [6, 6.07) is 17.1. The van der Waals surface area contributed by atoms with Gasteiger partial charge in [-0.1, -0.05) is 42.5 Å². The van der Waals surface area contributed by atoms with E-state index < -0.39 is 11.7 Å². The first-order valence-corrected chi connectivity index (χ1v) is 8.97. The minimum atomic E-state index is -0.639. The summed E-state index contributed by atoms with van der Waals surface area (Å²) in [6.07, 6.45) is 2.29. The van der Waals surface area contributed by atoms with Crippen molar-refractivity contribution in [2.45, 2.75) is 37.4 Å². The van der Waals surface area contributed by atoms with Crippen LogP contribution in [-0.4, -0.2) is 51.6 Å². The molecule has 0 aromatic heterocycles. The second-order valence-corrected chi connectivity index (χ2v) is 7.21. The van der Waals surface area contributed by atoms with E-state index in [-0.39, 0.29) is 18.2 Å². The van der Waals surface area contributed by atoms with Gasteiger partial charge in [-0.3, -0.25) is 0 Å². The van der Waals surface area contributed by atoms with Gasteiger partial charge in [0.1, 0.15) is 5.75 Å². The molecule has 3 N–H and O–H groups in total. The van der Waals surface area contributed by atoms with Gasteiger partial charge in [0.15, 0.2) is 0 Å². The maximum Gasteiger partial charge on any atom is 0.115 e. The van der Waals surface area contributed by atoms with E-state index in [1.807, 2.05) is 30.3 Å². The normalized spacial score (nSPS) is 18.1. The standard InChI is InChI=1S/C21H27NO3.ClH/c23-19-8-6-17(7-9-19)14-20(24)16-22-12-10-21(25,11-13-22)15-18-4-2-1-3-5-18;/h1-9,20,23-25H,10-16H2;1H. The predicted octanol–water partition coefficient (Wildman–Crippen LogP) is 2.79. The highest BCUT2D eigenvalue weighted by Crippen LogP contribution is 2.26. The number of halogens is 1. The van der Waals surface area contributed by atoms with Crippen molar-refractivity contribution in [2.24, 2.45) is 0 Å². The minimum absolute atomic E-state index is 0. The summed E-state index contributed by atoms with van der Waals surface area (Å²) in [4.78, 5) is 2.23. The van der Waals surface area contributed by atoms with E-state index in [1.54, 1.807) is 12.1 Å². The van der Waals surface area contributed by atoms with E-state index >= 15 is 0 Å². The van der Waals surface area contributed by atoms with Crippen LogP contribution in [0.3, 0.4) is 0 Å². The first-order chi connectivity index (χ1) is 12.0. The lowest BCUT2D eigenvalue weighted by atomic mass is 9.85. The maximum absolute atomic E-state index is 10.8. The van der Waals surface area contributed by atoms with Crippen molar-refractivity contribution in [3.63, 3.8) is 0 Å². The zero-order valence-corrected chi connectivity index (χ0v) is 15.7. The Labute approximate surface area is 161 Å². The number of aliphatic hydroxyl groups excluding tert-OH is 1. The zero-order valence-electron chi connectivity index (χ0n) is 14.9. The Morgan fingerprint density at radius 1 is 0.923 bits per heavy atom. The molecular formula is C21H28ClNO3. The van der Waals surface area contributed by atoms with Crippen molar-refractivity contribution < 1.29 is 15.3 Å². The van der Waals surface area contributed by atoms with Crippen molar-refractivity contribution in [3.05, 3.63) is 65.7 Å². The molecule has 1 fully saturated rings. The van der Waals surface area contributed by atoms with Crippen LogP contribution in [-0.2, 0) is 12.8 Å². The molecule has 0 bridgehead atoms. The van der Waals surface area contributed by atoms with E-state index in [2.05, 4.69) is 17.0 Å². The molecule has 0 amide bonds. The summed E-state index contributed by atoms with van der Waals surface area (Å²) in [5.41, 5.74) is 1.55. The van der Waals surface area contributed by atoms with Crippen LogP contribution in [0.2, 0.25) is 0 Å². The third-order valence-electron chi connectivity index (χ3n) is 5.04. The fraction of sp³-hybridized carbons (Fsp3) is 0.429. The Bertz CT molecular complexity index is 655. The number of likely N-dealkylation sites (tertiary alicyclic amines) is 1. The van der Waals surface area contributed by atoms with Gasteiger partial charge < -0.3 is 20.2 Å². The molecule has 1 unspecified atom stereocenters. The van der Waals surface area contributed by atoms with Crippen LogP contribution in [0.5, 0.6) is 5.75 Å². The molecule has 0 radical (unpaired) electrons. The molecule has 1 atom stereocenters. The van der Waals surface area contributed by atoms with Gasteiger partial charge in [-0.25, -0.2) is 0 Å². The summed E-state index contributed by atoms with van der Waals surface area (Å²) in [6.45, 7) is 2.22. The van der Waals surface area contributed by atoms with Crippen LogP contribution in [0.1, 0.15) is 24.0 Å². The van der Waals surface area contributed by atoms with Gasteiger partial charge in [0.2, 0.25) is 0 Å². The first kappa shape index (κ1) is 20.7. The number of phenolic OH excluding ortho intramolecular Hbond substituents is 1. The number of phenols is 1. The highest BCUT2D eigenvalue weighted by Gasteiger charge is 2.32. The van der Waals surface area contributed by atoms with Crippen LogP contribution in [0.15, 0.2) is 54.6 Å². The molecule has 1 aliphatic rings. The van der Waals surface area contributed by atoms with Gasteiger partial charge in [-0.2, -0.15) is 0 Å². The summed E-state index contributed by atoms with van der Waals surface area (Å²) < 4.78 is 0. The van der Waals surface area contributed by atoms with Gasteiger partial charge in [0.25, 0.3) is 0 Å². The van der Waals surface area contributed by atoms with E-state index in [4.69, 9.17) is 0 Å². The molecule has 4 nitrogen and oxygen atoms in total. The van der Waals surface area contributed by atoms with Crippen LogP contribution in [0, 0.1) is 0 Å². The van der Waals surface area contributed by atoms with Crippen LogP contribution in [0.25, 0.3) is 0 Å². The molecule has 0 saturated carbocycles. The molecule has 2 aromatic rings. The zero-order chi connectivity index (χ0) is 17.7. The number of benzene rings is 2. The molecule has 3 rings (SSSR count). The summed E-state index contributed by atoms with van der Waals surface area (Å²) in [7, 11) is 0. The molecule has 1 saturated heterocycles. The average Bonchev–Trinajstić information content (AvgIpc) is 2.60. The lowest BCUT2D eigenvalue weighted by Crippen LogP contribution is -2.47. The third-order valence-corrected chi connectivity index (χ3v) is 5.04. The quantitative estimate of drug-likeness (QED) is 0.724. The number of hydrogen-bond donors (Lipinski definition) is 3. The number of piperidine rings is 1. The second kappa shape index (κ2) is 9.38. The molecule has 1 aliphatic heterocycles. The van der Waals surface area contributed by atoms with Crippen molar-refractivity contribution in [3.8, 4) is 5.75 Å². The topological polar surface area (TPSA) is 63.9 Å². The Hall–Kier alpha value is -1.59. The number of β-amino-alcohol motifs (C(OH)–C–C–N with tert-alkyl or cyclic N) is 1. The maximum atomic E-state index is 10.8. The van der Waals surface area contributed by atoms with E-state index in [0.29, 0.717) is 19.4 Å². The van der Waals surface area contributed by atoms with Crippen LogP contribution < -0.4 is 0 Å². The molecule has 2 aromatic carbocycles. The monoisotopic (exact) mass is 377 g/mol. The molecule has 0 spiro atoms. The summed E-state index contributed by atoms with van der Waals surface area (Å²) >= 11 is 0. The number of hydrogen-bond acceptors (Lipinski definition) is 4. The molecule has 5 heteroatoms. The predicted molar refractivity (Wildman–Crippen MR) is 106 cm³/mol. The van der Waals surface area contributed by atoms with Crippen molar-refractivity contribution in [2.75, 3.05) is 19.6 Å². The van der Waals surface area contributed by atoms with Gasteiger partial charge in [-0.05, 0) is 42.5 Å². The Morgan fingerprint density at radius 3 is 2.15 bits per heavy atom. The molecule has 142 valence electrons. The number of aliphatic hydroxyl groups is 2. The van der Waals surface area contributed by atoms with Crippen LogP contribution in [0.4, 0.5) is 0 Å². The van der Waals surface area contributed by atoms with Crippen LogP contribution >= 0.6 is 12.4 Å². The lowest BCUT2D eigenvalue weighted by Gasteiger charge is -2.39. The smallest absolute Gasteiger partial charge is 0.115 e. The van der Waals surface area contributed by atoms with Crippen molar-refractivity contribution >= 4 is 12.4 Å². The Kier molecular flexibility index (Phi) is 7.47. The SMILES string of the molecule is Cl.Oc1ccc(CC(O)CN2CCC(O)(Cc3ccccc3)CC2)cc1. The van der Waals surface area contributed by atoms with Gasteiger partial charge in [0, 0.05) is 26.1 Å². The second-order valence-electron chi connectivity index (χ2n) is 7.21. The Balaban J connectivity index is 0.00000243. The summed E-state index contributed by atoms with van der Waals surface area (Å²) in [5.74, 6) is 0.243. The van der Waals surface area contributed by atoms with Gasteiger partial charge in [0.05, 0.1) is 11.7 Å². The molecule has 1 heterocycles. The molecular weight excluding hydrogens is 350 g/mol. The molecule has 26 heavy (non-hydrogen) atoms. The average molecular weight is 378 g/mol. The van der Waals surface area contributed by atoms with E-state index in [0.717, 1.165) is 31.5 Å². The fourth-order valence-corrected chi connectivity index (χ4v) is 3.57. The number of aromatic hydroxyl groups is 1. The highest BCUT2D eigenvalue weighted by atomic mass is 35.5. The van der Waals surface area contributed by atoms with Crippen molar-refractivity contribution in [1.82, 2.24) is 4.90 Å². The number of nitrogens with zero attached hydrogens (tertiary/aromatic N) is 1. The van der Waals surface area contributed by atoms with E-state index in [9.17, 15) is 15.3 Å². The number of rotatable bonds is 6. The molecule has 0 aliphatic carbocycles. The first-order valence-electron chi connectivity index (χ1n) is 8.97. The van der Waals surface area contributed by atoms with Gasteiger partial charge in [-0.15, -0.1) is 12.4 Å². The van der Waals surface area contributed by atoms with Gasteiger partial charge >= 0.3 is 0 Å². The van der Waals surface area contributed by atoms with E-state index in [1.165, 1.54) is 5.56 Å². The largest absolute Gasteiger partial charge is 0.508 e. The third kappa shape index (κ3) is 5.99. The minimum Gasteiger partial charge on any atom is -0.508 e. The lowest BCUT2D eigenvalue weighted by molar-refractivity contribution is -0.0292. The van der Waals surface area contributed by atoms with Crippen molar-refractivity contribution in [1.29, 1.82) is 0 Å². The summed E-state index contributed by atoms with van der Waals surface area (Å²) in [5, 5.41) is 30.5. The Morgan fingerprint density at radius 2 is 1.54 bits per heavy atom.